The van der Waals surface area contributed by atoms with Crippen LogP contribution in [-0.2, 0) is 0 Å². The van der Waals surface area contributed by atoms with E-state index in [-0.39, 0.29) is 28.9 Å². The van der Waals surface area contributed by atoms with Gasteiger partial charge in [0.15, 0.2) is 0 Å². The normalized spacial score (nSPS) is 11.9. The fourth-order valence-corrected chi connectivity index (χ4v) is 2.11. The lowest BCUT2D eigenvalue weighted by atomic mass is 10.0. The van der Waals surface area contributed by atoms with Gasteiger partial charge in [0, 0.05) is 12.6 Å². The van der Waals surface area contributed by atoms with E-state index in [4.69, 9.17) is 0 Å². The molecule has 0 saturated heterocycles. The second-order valence-corrected chi connectivity index (χ2v) is 4.85. The maximum Gasteiger partial charge on any atom is 0.257 e. The summed E-state index contributed by atoms with van der Waals surface area (Å²) in [7, 11) is 1.57. The predicted octanol–water partition coefficient (Wildman–Crippen LogP) is 2.64. The first kappa shape index (κ1) is 14.7. The van der Waals surface area contributed by atoms with E-state index in [0.717, 1.165) is 0 Å². The number of aromatic hydroxyl groups is 3. The van der Waals surface area contributed by atoms with Crippen LogP contribution in [0.15, 0.2) is 42.5 Å². The maximum atomic E-state index is 12.4. The Labute approximate surface area is 122 Å². The Morgan fingerprint density at radius 3 is 2.38 bits per heavy atom. The number of rotatable bonds is 3. The van der Waals surface area contributed by atoms with Crippen molar-refractivity contribution in [2.75, 3.05) is 7.05 Å². The Balaban J connectivity index is 2.31. The number of para-hydroxylation sites is 1. The number of phenolic OH excluding ortho intramolecular Hbond substituents is 3. The van der Waals surface area contributed by atoms with Gasteiger partial charge in [0.2, 0.25) is 0 Å². The molecule has 1 atom stereocenters. The van der Waals surface area contributed by atoms with E-state index in [9.17, 15) is 20.1 Å². The number of nitrogens with zero attached hydrogens (tertiary/aromatic N) is 1. The van der Waals surface area contributed by atoms with Crippen LogP contribution in [-0.4, -0.2) is 33.2 Å². The summed E-state index contributed by atoms with van der Waals surface area (Å²) in [5, 5.41) is 29.1. The van der Waals surface area contributed by atoms with Crippen molar-refractivity contribution < 1.29 is 20.1 Å². The van der Waals surface area contributed by atoms with Crippen molar-refractivity contribution in [2.45, 2.75) is 13.0 Å². The van der Waals surface area contributed by atoms with E-state index in [2.05, 4.69) is 0 Å². The average molecular weight is 287 g/mol. The van der Waals surface area contributed by atoms with Crippen LogP contribution in [0.5, 0.6) is 17.2 Å². The van der Waals surface area contributed by atoms with Gasteiger partial charge in [-0.2, -0.15) is 0 Å². The zero-order valence-electron chi connectivity index (χ0n) is 11.8. The van der Waals surface area contributed by atoms with Gasteiger partial charge >= 0.3 is 0 Å². The van der Waals surface area contributed by atoms with Gasteiger partial charge < -0.3 is 20.2 Å². The average Bonchev–Trinajstić information content (AvgIpc) is 2.48. The highest BCUT2D eigenvalue weighted by atomic mass is 16.3. The topological polar surface area (TPSA) is 81.0 Å². The van der Waals surface area contributed by atoms with Crippen LogP contribution < -0.4 is 0 Å². The Bertz CT molecular complexity index is 669. The lowest BCUT2D eigenvalue weighted by Crippen LogP contribution is -2.29. The van der Waals surface area contributed by atoms with Crippen molar-refractivity contribution >= 4 is 5.91 Å². The molecule has 21 heavy (non-hydrogen) atoms. The highest BCUT2D eigenvalue weighted by Gasteiger charge is 2.23. The van der Waals surface area contributed by atoms with Gasteiger partial charge in [-0.25, -0.2) is 0 Å². The second kappa shape index (κ2) is 5.75. The summed E-state index contributed by atoms with van der Waals surface area (Å²) in [6, 6.07) is 10.2. The Kier molecular flexibility index (Phi) is 4.03. The Morgan fingerprint density at radius 2 is 1.71 bits per heavy atom. The summed E-state index contributed by atoms with van der Waals surface area (Å²) < 4.78 is 0. The number of carbonyl (C=O) groups is 1. The number of benzene rings is 2. The molecule has 1 unspecified atom stereocenters. The largest absolute Gasteiger partial charge is 0.508 e. The molecule has 5 nitrogen and oxygen atoms in total. The summed E-state index contributed by atoms with van der Waals surface area (Å²) in [5.41, 5.74) is 0.618. The van der Waals surface area contributed by atoms with Crippen molar-refractivity contribution in [1.29, 1.82) is 0 Å². The molecular weight excluding hydrogens is 270 g/mol. The molecule has 2 aromatic rings. The predicted molar refractivity (Wildman–Crippen MR) is 78.4 cm³/mol. The zero-order chi connectivity index (χ0) is 15.6. The van der Waals surface area contributed by atoms with Crippen LogP contribution in [0.1, 0.15) is 28.9 Å². The lowest BCUT2D eigenvalue weighted by molar-refractivity contribution is 0.0738. The van der Waals surface area contributed by atoms with Crippen molar-refractivity contribution in [3.05, 3.63) is 53.6 Å². The summed E-state index contributed by atoms with van der Waals surface area (Å²) in [4.78, 5) is 13.8. The van der Waals surface area contributed by atoms with Crippen LogP contribution in [0.3, 0.4) is 0 Å². The minimum atomic E-state index is -0.445. The summed E-state index contributed by atoms with van der Waals surface area (Å²) in [6.45, 7) is 1.77. The number of carbonyl (C=O) groups excluding carboxylic acids is 1. The van der Waals surface area contributed by atoms with Crippen molar-refractivity contribution in [1.82, 2.24) is 4.90 Å². The minimum Gasteiger partial charge on any atom is -0.508 e. The third-order valence-electron chi connectivity index (χ3n) is 3.50. The fourth-order valence-electron chi connectivity index (χ4n) is 2.11. The first-order valence-corrected chi connectivity index (χ1v) is 6.49. The monoisotopic (exact) mass is 287 g/mol. The maximum absolute atomic E-state index is 12.4. The minimum absolute atomic E-state index is 0.0137. The van der Waals surface area contributed by atoms with E-state index in [1.54, 1.807) is 38.2 Å². The molecule has 0 aliphatic carbocycles. The van der Waals surface area contributed by atoms with Gasteiger partial charge in [-0.3, -0.25) is 4.79 Å². The molecule has 0 radical (unpaired) electrons. The molecule has 0 fully saturated rings. The molecule has 5 heteroatoms. The molecule has 0 aliphatic rings. The van der Waals surface area contributed by atoms with Crippen LogP contribution in [0.25, 0.3) is 0 Å². The van der Waals surface area contributed by atoms with Gasteiger partial charge in [0.25, 0.3) is 5.91 Å². The number of hydrogen-bond donors (Lipinski definition) is 3. The van der Waals surface area contributed by atoms with Crippen molar-refractivity contribution in [3.8, 4) is 17.2 Å². The van der Waals surface area contributed by atoms with Crippen LogP contribution >= 0.6 is 0 Å². The molecule has 2 rings (SSSR count). The van der Waals surface area contributed by atoms with E-state index in [0.29, 0.717) is 5.56 Å². The molecule has 0 heterocycles. The summed E-state index contributed by atoms with van der Waals surface area (Å²) in [6.07, 6.45) is 0. The molecular formula is C16H17NO4. The first-order valence-electron chi connectivity index (χ1n) is 6.49. The Hall–Kier alpha value is -2.69. The SMILES string of the molecule is CC(c1ccccc1O)N(C)C(=O)c1cc(O)ccc1O. The fraction of sp³-hybridized carbons (Fsp3) is 0.188. The summed E-state index contributed by atoms with van der Waals surface area (Å²) in [5.74, 6) is -0.641. The van der Waals surface area contributed by atoms with E-state index < -0.39 is 5.91 Å². The number of hydrogen-bond acceptors (Lipinski definition) is 4. The van der Waals surface area contributed by atoms with Crippen molar-refractivity contribution in [2.24, 2.45) is 0 Å². The summed E-state index contributed by atoms with van der Waals surface area (Å²) >= 11 is 0. The third kappa shape index (κ3) is 2.91. The van der Waals surface area contributed by atoms with Crippen molar-refractivity contribution in [3.63, 3.8) is 0 Å². The molecule has 3 N–H and O–H groups in total. The molecule has 0 aromatic heterocycles. The van der Waals surface area contributed by atoms with Crippen LogP contribution in [0, 0.1) is 0 Å². The second-order valence-electron chi connectivity index (χ2n) is 4.85. The third-order valence-corrected chi connectivity index (χ3v) is 3.50. The van der Waals surface area contributed by atoms with Crippen LogP contribution in [0.4, 0.5) is 0 Å². The van der Waals surface area contributed by atoms with E-state index in [1.165, 1.54) is 23.1 Å². The molecule has 0 aliphatic heterocycles. The number of amides is 1. The first-order chi connectivity index (χ1) is 9.91. The van der Waals surface area contributed by atoms with Crippen LogP contribution in [0.2, 0.25) is 0 Å². The van der Waals surface area contributed by atoms with Gasteiger partial charge in [-0.15, -0.1) is 0 Å². The quantitative estimate of drug-likeness (QED) is 0.758. The molecule has 1 amide bonds. The highest BCUT2D eigenvalue weighted by molar-refractivity contribution is 5.97. The molecule has 0 spiro atoms. The molecule has 110 valence electrons. The zero-order valence-corrected chi connectivity index (χ0v) is 11.8. The molecule has 2 aromatic carbocycles. The molecule has 0 saturated carbocycles. The lowest BCUT2D eigenvalue weighted by Gasteiger charge is -2.26. The number of phenols is 3. The van der Waals surface area contributed by atoms with Gasteiger partial charge in [0.1, 0.15) is 17.2 Å². The van der Waals surface area contributed by atoms with Gasteiger partial charge in [0.05, 0.1) is 11.6 Å². The highest BCUT2D eigenvalue weighted by Crippen LogP contribution is 2.30. The Morgan fingerprint density at radius 1 is 1.05 bits per heavy atom. The van der Waals surface area contributed by atoms with Gasteiger partial charge in [-0.05, 0) is 31.2 Å². The van der Waals surface area contributed by atoms with Gasteiger partial charge in [-0.1, -0.05) is 18.2 Å². The van der Waals surface area contributed by atoms with E-state index >= 15 is 0 Å². The van der Waals surface area contributed by atoms with E-state index in [1.807, 2.05) is 0 Å². The standard InChI is InChI=1S/C16H17NO4/c1-10(12-5-3-4-6-14(12)19)17(2)16(21)13-9-11(18)7-8-15(13)20/h3-10,18-20H,1-2H3. The smallest absolute Gasteiger partial charge is 0.257 e. The molecule has 0 bridgehead atoms.